The maximum atomic E-state index is 11.5. The average Bonchev–Trinajstić information content (AvgIpc) is 2.94. The number of hydrogen-bond donors (Lipinski definition) is 2. The number of nitrogens with one attached hydrogen (secondary N) is 2. The summed E-state index contributed by atoms with van der Waals surface area (Å²) < 4.78 is 28.2. The van der Waals surface area contributed by atoms with E-state index in [9.17, 15) is 13.2 Å². The van der Waals surface area contributed by atoms with E-state index in [0.29, 0.717) is 10.7 Å². The summed E-state index contributed by atoms with van der Waals surface area (Å²) in [6.07, 6.45) is 3.84. The Morgan fingerprint density at radius 2 is 2.00 bits per heavy atom. The van der Waals surface area contributed by atoms with Crippen LogP contribution in [-0.2, 0) is 16.3 Å². The first-order valence-electron chi connectivity index (χ1n) is 7.62. The molecule has 23 heavy (non-hydrogen) atoms. The highest BCUT2D eigenvalue weighted by atomic mass is 32.2. The minimum Gasteiger partial charge on any atom is -0.383 e. The lowest BCUT2D eigenvalue weighted by Gasteiger charge is -2.29. The zero-order valence-electron chi connectivity index (χ0n) is 12.9. The molecule has 0 amide bonds. The van der Waals surface area contributed by atoms with E-state index < -0.39 is 9.84 Å². The van der Waals surface area contributed by atoms with Crippen LogP contribution in [0.15, 0.2) is 44.5 Å². The van der Waals surface area contributed by atoms with Crippen molar-refractivity contribution in [1.82, 2.24) is 10.5 Å². The summed E-state index contributed by atoms with van der Waals surface area (Å²) in [6, 6.07) is 8.81. The molecule has 0 spiro atoms. The van der Waals surface area contributed by atoms with E-state index in [4.69, 9.17) is 4.52 Å². The highest BCUT2D eigenvalue weighted by Gasteiger charge is 2.25. The summed E-state index contributed by atoms with van der Waals surface area (Å²) in [7, 11) is -3.16. The van der Waals surface area contributed by atoms with Crippen LogP contribution < -0.4 is 10.9 Å². The molecule has 0 bridgehead atoms. The van der Waals surface area contributed by atoms with E-state index in [1.807, 2.05) is 12.1 Å². The standard InChI is InChI=1S/C16H20N2O4S/c1-23(20,21)14-4-2-11(3-5-14)8-13-9-12(6-7-17-13)15-10-16(19)18-22-15/h2-5,10,12-13,17H,6-9H2,1H3,(H,18,19). The van der Waals surface area contributed by atoms with Gasteiger partial charge in [0.15, 0.2) is 9.84 Å². The Bertz CT molecular complexity index is 820. The van der Waals surface area contributed by atoms with E-state index >= 15 is 0 Å². The molecule has 1 aliphatic rings. The molecule has 0 saturated carbocycles. The lowest BCUT2D eigenvalue weighted by molar-refractivity contribution is 0.292. The van der Waals surface area contributed by atoms with Crippen LogP contribution in [0.1, 0.15) is 30.1 Å². The molecule has 1 fully saturated rings. The fourth-order valence-corrected chi connectivity index (χ4v) is 3.71. The quantitative estimate of drug-likeness (QED) is 0.881. The van der Waals surface area contributed by atoms with Crippen LogP contribution in [0.3, 0.4) is 0 Å². The molecule has 0 aliphatic carbocycles. The van der Waals surface area contributed by atoms with Crippen LogP contribution >= 0.6 is 0 Å². The first-order chi connectivity index (χ1) is 10.9. The first kappa shape index (κ1) is 16.0. The van der Waals surface area contributed by atoms with Gasteiger partial charge in [0.05, 0.1) is 4.90 Å². The summed E-state index contributed by atoms with van der Waals surface area (Å²) in [5, 5.41) is 5.81. The summed E-state index contributed by atoms with van der Waals surface area (Å²) >= 11 is 0. The SMILES string of the molecule is CS(=O)(=O)c1ccc(CC2CC(c3cc(=O)[nH]o3)CCN2)cc1. The van der Waals surface area contributed by atoms with Gasteiger partial charge in [0.2, 0.25) is 0 Å². The van der Waals surface area contributed by atoms with Gasteiger partial charge in [-0.3, -0.25) is 4.79 Å². The molecule has 0 radical (unpaired) electrons. The van der Waals surface area contributed by atoms with Crippen LogP contribution in [0.25, 0.3) is 0 Å². The van der Waals surface area contributed by atoms with E-state index in [0.717, 1.165) is 31.4 Å². The zero-order chi connectivity index (χ0) is 16.4. The average molecular weight is 336 g/mol. The fraction of sp³-hybridized carbons (Fsp3) is 0.438. The van der Waals surface area contributed by atoms with E-state index in [-0.39, 0.29) is 17.5 Å². The maximum Gasteiger partial charge on any atom is 0.280 e. The Balaban J connectivity index is 1.67. The van der Waals surface area contributed by atoms with Crippen molar-refractivity contribution in [3.8, 4) is 0 Å². The number of aromatic amines is 1. The van der Waals surface area contributed by atoms with Crippen molar-refractivity contribution in [2.45, 2.75) is 36.1 Å². The monoisotopic (exact) mass is 336 g/mol. The molecule has 3 rings (SSSR count). The molecule has 124 valence electrons. The Hall–Kier alpha value is -1.86. The van der Waals surface area contributed by atoms with Gasteiger partial charge in [-0.15, -0.1) is 0 Å². The second-order valence-corrected chi connectivity index (χ2v) is 8.12. The molecule has 1 aliphatic heterocycles. The minimum absolute atomic E-state index is 0.202. The van der Waals surface area contributed by atoms with Crippen molar-refractivity contribution in [3.63, 3.8) is 0 Å². The second-order valence-electron chi connectivity index (χ2n) is 6.11. The van der Waals surface area contributed by atoms with Crippen molar-refractivity contribution < 1.29 is 12.9 Å². The Morgan fingerprint density at radius 3 is 2.61 bits per heavy atom. The van der Waals surface area contributed by atoms with Crippen molar-refractivity contribution in [2.24, 2.45) is 0 Å². The van der Waals surface area contributed by atoms with Crippen LogP contribution in [0, 0.1) is 0 Å². The molecular formula is C16H20N2O4S. The number of aromatic nitrogens is 1. The molecule has 2 aromatic rings. The molecular weight excluding hydrogens is 316 g/mol. The van der Waals surface area contributed by atoms with E-state index in [2.05, 4.69) is 10.5 Å². The predicted octanol–water partition coefficient (Wildman–Crippen LogP) is 1.45. The van der Waals surface area contributed by atoms with Crippen LogP contribution in [0.2, 0.25) is 0 Å². The molecule has 1 aromatic heterocycles. The molecule has 1 aromatic carbocycles. The van der Waals surface area contributed by atoms with Crippen molar-refractivity contribution in [1.29, 1.82) is 0 Å². The van der Waals surface area contributed by atoms with Crippen molar-refractivity contribution in [2.75, 3.05) is 12.8 Å². The Morgan fingerprint density at radius 1 is 1.26 bits per heavy atom. The van der Waals surface area contributed by atoms with Gasteiger partial charge in [-0.25, -0.2) is 8.42 Å². The third-order valence-electron chi connectivity index (χ3n) is 4.27. The van der Waals surface area contributed by atoms with Crippen LogP contribution in [0.5, 0.6) is 0 Å². The Kier molecular flexibility index (Phi) is 4.41. The highest BCUT2D eigenvalue weighted by Crippen LogP contribution is 2.28. The van der Waals surface area contributed by atoms with Crippen LogP contribution in [0.4, 0.5) is 0 Å². The highest BCUT2D eigenvalue weighted by molar-refractivity contribution is 7.90. The van der Waals surface area contributed by atoms with Crippen LogP contribution in [-0.4, -0.2) is 32.4 Å². The summed E-state index contributed by atoms with van der Waals surface area (Å²) in [5.41, 5.74) is 0.887. The lowest BCUT2D eigenvalue weighted by atomic mass is 9.87. The number of hydrogen-bond acceptors (Lipinski definition) is 5. The van der Waals surface area contributed by atoms with Gasteiger partial charge in [0.1, 0.15) is 5.76 Å². The van der Waals surface area contributed by atoms with Gasteiger partial charge >= 0.3 is 0 Å². The van der Waals surface area contributed by atoms with E-state index in [1.54, 1.807) is 12.1 Å². The predicted molar refractivity (Wildman–Crippen MR) is 86.4 cm³/mol. The number of H-pyrrole nitrogens is 1. The third-order valence-corrected chi connectivity index (χ3v) is 5.40. The van der Waals surface area contributed by atoms with Gasteiger partial charge in [-0.2, -0.15) is 5.16 Å². The number of benzene rings is 1. The van der Waals surface area contributed by atoms with Crippen molar-refractivity contribution in [3.05, 3.63) is 52.0 Å². The summed E-state index contributed by atoms with van der Waals surface area (Å²) in [5.74, 6) is 0.949. The van der Waals surface area contributed by atoms with Gasteiger partial charge in [-0.05, 0) is 43.5 Å². The first-order valence-corrected chi connectivity index (χ1v) is 9.52. The molecule has 2 unspecified atom stereocenters. The van der Waals surface area contributed by atoms with Gasteiger partial charge in [-0.1, -0.05) is 12.1 Å². The normalized spacial score (nSPS) is 22.1. The number of sulfone groups is 1. The van der Waals surface area contributed by atoms with E-state index in [1.165, 1.54) is 12.3 Å². The summed E-state index contributed by atoms with van der Waals surface area (Å²) in [6.45, 7) is 0.867. The fourth-order valence-electron chi connectivity index (χ4n) is 3.08. The largest absolute Gasteiger partial charge is 0.383 e. The lowest BCUT2D eigenvalue weighted by Crippen LogP contribution is -2.38. The maximum absolute atomic E-state index is 11.5. The number of rotatable bonds is 4. The second kappa shape index (κ2) is 6.33. The molecule has 7 heteroatoms. The van der Waals surface area contributed by atoms with Gasteiger partial charge in [0, 0.05) is 24.3 Å². The molecule has 2 heterocycles. The number of piperidine rings is 1. The molecule has 6 nitrogen and oxygen atoms in total. The molecule has 1 saturated heterocycles. The zero-order valence-corrected chi connectivity index (χ0v) is 13.7. The summed E-state index contributed by atoms with van der Waals surface area (Å²) in [4.78, 5) is 11.5. The Labute approximate surface area is 134 Å². The smallest absolute Gasteiger partial charge is 0.280 e. The minimum atomic E-state index is -3.16. The van der Waals surface area contributed by atoms with Gasteiger partial charge in [0.25, 0.3) is 5.56 Å². The molecule has 2 N–H and O–H groups in total. The third kappa shape index (κ3) is 3.92. The molecule has 2 atom stereocenters. The van der Waals surface area contributed by atoms with Gasteiger partial charge < -0.3 is 9.84 Å². The topological polar surface area (TPSA) is 92.2 Å². The van der Waals surface area contributed by atoms with Crippen molar-refractivity contribution >= 4 is 9.84 Å².